The lowest BCUT2D eigenvalue weighted by Crippen LogP contribution is -2.47. The number of morpholine rings is 1. The van der Waals surface area contributed by atoms with Gasteiger partial charge in [-0.05, 0) is 48.9 Å². The third-order valence-corrected chi connectivity index (χ3v) is 4.69. The molecule has 0 bridgehead atoms. The summed E-state index contributed by atoms with van der Waals surface area (Å²) in [7, 11) is 1.68. The Kier molecular flexibility index (Phi) is 8.57. The fourth-order valence-electron chi connectivity index (χ4n) is 3.24. The van der Waals surface area contributed by atoms with Gasteiger partial charge in [0.1, 0.15) is 5.75 Å². The number of hydrogen-bond donors (Lipinski definition) is 2. The smallest absolute Gasteiger partial charge is 0.335 e. The average molecular weight is 407 g/mol. The Morgan fingerprint density at radius 2 is 2.11 bits per heavy atom. The lowest BCUT2D eigenvalue weighted by Gasteiger charge is -2.34. The number of carboxylic acids is 1. The fourth-order valence-corrected chi connectivity index (χ4v) is 3.24. The summed E-state index contributed by atoms with van der Waals surface area (Å²) < 4.78 is 11.1. The minimum absolute atomic E-state index is 0. The van der Waals surface area contributed by atoms with E-state index in [4.69, 9.17) is 14.6 Å². The number of methoxy groups -OCH3 is 1. The van der Waals surface area contributed by atoms with Gasteiger partial charge in [0.15, 0.2) is 0 Å². The summed E-state index contributed by atoms with van der Waals surface area (Å²) in [6, 6.07) is 15.2. The van der Waals surface area contributed by atoms with Crippen LogP contribution < -0.4 is 15.0 Å². The third-order valence-electron chi connectivity index (χ3n) is 4.69. The second-order valence-electron chi connectivity index (χ2n) is 6.60. The van der Waals surface area contributed by atoms with Gasteiger partial charge in [-0.3, -0.25) is 0 Å². The molecule has 0 radical (unpaired) electrons. The maximum Gasteiger partial charge on any atom is 0.335 e. The largest absolute Gasteiger partial charge is 0.497 e. The summed E-state index contributed by atoms with van der Waals surface area (Å²) in [5, 5.41) is 12.6. The van der Waals surface area contributed by atoms with E-state index in [9.17, 15) is 4.79 Å². The Morgan fingerprint density at radius 3 is 2.89 bits per heavy atom. The van der Waals surface area contributed by atoms with Crippen LogP contribution in [0.2, 0.25) is 0 Å². The number of aromatic carboxylic acids is 1. The van der Waals surface area contributed by atoms with E-state index in [1.54, 1.807) is 25.3 Å². The molecule has 1 fully saturated rings. The molecule has 1 saturated heterocycles. The third kappa shape index (κ3) is 6.12. The lowest BCUT2D eigenvalue weighted by molar-refractivity contribution is 0.0411. The van der Waals surface area contributed by atoms with Crippen molar-refractivity contribution in [1.29, 1.82) is 0 Å². The summed E-state index contributed by atoms with van der Waals surface area (Å²) in [5.41, 5.74) is 2.48. The van der Waals surface area contributed by atoms with Crippen molar-refractivity contribution in [3.63, 3.8) is 0 Å². The molecule has 28 heavy (non-hydrogen) atoms. The Hall–Kier alpha value is -2.28. The second kappa shape index (κ2) is 10.9. The minimum atomic E-state index is -0.902. The van der Waals surface area contributed by atoms with E-state index in [-0.39, 0.29) is 18.5 Å². The number of benzene rings is 2. The summed E-state index contributed by atoms with van der Waals surface area (Å²) in [6.45, 7) is 3.78. The molecule has 7 heteroatoms. The number of ether oxygens (including phenoxy) is 2. The zero-order valence-corrected chi connectivity index (χ0v) is 16.8. The van der Waals surface area contributed by atoms with Crippen LogP contribution >= 0.6 is 12.4 Å². The van der Waals surface area contributed by atoms with Crippen molar-refractivity contribution in [3.05, 3.63) is 59.7 Å². The maximum atomic E-state index is 11.2. The molecule has 2 N–H and O–H groups in total. The van der Waals surface area contributed by atoms with Crippen LogP contribution in [0.5, 0.6) is 5.75 Å². The molecule has 1 aliphatic rings. The normalized spacial score (nSPS) is 16.3. The van der Waals surface area contributed by atoms with Gasteiger partial charge in [0, 0.05) is 25.3 Å². The summed E-state index contributed by atoms with van der Waals surface area (Å²) in [6.07, 6.45) is 1.01. The van der Waals surface area contributed by atoms with Gasteiger partial charge in [-0.25, -0.2) is 4.79 Å². The molecule has 2 aromatic carbocycles. The number of nitrogens with one attached hydrogen (secondary N) is 1. The number of nitrogens with zero attached hydrogens (tertiary/aromatic N) is 1. The number of carbonyl (C=O) groups is 1. The highest BCUT2D eigenvalue weighted by Gasteiger charge is 2.21. The van der Waals surface area contributed by atoms with E-state index < -0.39 is 5.97 Å². The Balaban J connectivity index is 0.00000280. The van der Waals surface area contributed by atoms with Crippen LogP contribution in [0.4, 0.5) is 5.69 Å². The standard InChI is InChI=1S/C21H26N2O4.ClH/c1-26-19-7-2-4-16(12-19)8-9-22-14-20-15-23(10-11-27-20)18-6-3-5-17(13-18)21(24)25;/h2-7,12-13,20,22H,8-11,14-15H2,1H3,(H,24,25);1H. The first-order chi connectivity index (χ1) is 13.2. The summed E-state index contributed by atoms with van der Waals surface area (Å²) in [5.74, 6) is -0.0248. The lowest BCUT2D eigenvalue weighted by atomic mass is 10.1. The van der Waals surface area contributed by atoms with Gasteiger partial charge in [0.05, 0.1) is 25.4 Å². The van der Waals surface area contributed by atoms with E-state index in [2.05, 4.69) is 22.3 Å². The highest BCUT2D eigenvalue weighted by atomic mass is 35.5. The molecule has 152 valence electrons. The molecule has 6 nitrogen and oxygen atoms in total. The van der Waals surface area contributed by atoms with Gasteiger partial charge in [0.2, 0.25) is 0 Å². The van der Waals surface area contributed by atoms with Crippen LogP contribution in [-0.2, 0) is 11.2 Å². The van der Waals surface area contributed by atoms with Gasteiger partial charge in [-0.1, -0.05) is 18.2 Å². The van der Waals surface area contributed by atoms with Crippen molar-refractivity contribution in [2.75, 3.05) is 44.8 Å². The minimum Gasteiger partial charge on any atom is -0.497 e. The number of carboxylic acid groups (broad SMARTS) is 1. The van der Waals surface area contributed by atoms with Crippen molar-refractivity contribution in [1.82, 2.24) is 5.32 Å². The molecule has 0 amide bonds. The number of hydrogen-bond acceptors (Lipinski definition) is 5. The highest BCUT2D eigenvalue weighted by molar-refractivity contribution is 5.88. The molecule has 1 unspecified atom stereocenters. The molecular weight excluding hydrogens is 380 g/mol. The fraction of sp³-hybridized carbons (Fsp3) is 0.381. The van der Waals surface area contributed by atoms with E-state index >= 15 is 0 Å². The maximum absolute atomic E-state index is 11.2. The van der Waals surface area contributed by atoms with E-state index in [0.717, 1.165) is 44.0 Å². The Morgan fingerprint density at radius 1 is 1.29 bits per heavy atom. The molecular formula is C21H27ClN2O4. The highest BCUT2D eigenvalue weighted by Crippen LogP contribution is 2.19. The Labute approximate surface area is 171 Å². The van der Waals surface area contributed by atoms with Gasteiger partial charge in [0.25, 0.3) is 0 Å². The number of anilines is 1. The molecule has 0 aliphatic carbocycles. The van der Waals surface area contributed by atoms with Gasteiger partial charge in [-0.2, -0.15) is 0 Å². The van der Waals surface area contributed by atoms with Crippen LogP contribution in [0, 0.1) is 0 Å². The summed E-state index contributed by atoms with van der Waals surface area (Å²) >= 11 is 0. The van der Waals surface area contributed by atoms with Gasteiger partial charge < -0.3 is 24.8 Å². The molecule has 1 atom stereocenters. The number of rotatable bonds is 8. The van der Waals surface area contributed by atoms with Crippen LogP contribution in [0.3, 0.4) is 0 Å². The molecule has 0 spiro atoms. The average Bonchev–Trinajstić information content (AvgIpc) is 2.71. The second-order valence-corrected chi connectivity index (χ2v) is 6.60. The monoisotopic (exact) mass is 406 g/mol. The van der Waals surface area contributed by atoms with Crippen LogP contribution in [0.1, 0.15) is 15.9 Å². The molecule has 3 rings (SSSR count). The SMILES string of the molecule is COc1cccc(CCNCC2CN(c3cccc(C(=O)O)c3)CCO2)c1.Cl. The van der Waals surface area contributed by atoms with Crippen LogP contribution in [0.25, 0.3) is 0 Å². The Bertz CT molecular complexity index is 772. The first-order valence-electron chi connectivity index (χ1n) is 9.19. The zero-order chi connectivity index (χ0) is 19.1. The molecule has 1 heterocycles. The number of halogens is 1. The van der Waals surface area contributed by atoms with Gasteiger partial charge >= 0.3 is 5.97 Å². The predicted octanol–water partition coefficient (Wildman–Crippen LogP) is 2.85. The van der Waals surface area contributed by atoms with Crippen molar-refractivity contribution in [3.8, 4) is 5.75 Å². The first-order valence-corrected chi connectivity index (χ1v) is 9.19. The van der Waals surface area contributed by atoms with Crippen molar-refractivity contribution in [2.24, 2.45) is 0 Å². The molecule has 2 aromatic rings. The quantitative estimate of drug-likeness (QED) is 0.657. The van der Waals surface area contributed by atoms with Gasteiger partial charge in [-0.15, -0.1) is 12.4 Å². The van der Waals surface area contributed by atoms with Crippen molar-refractivity contribution >= 4 is 24.1 Å². The first kappa shape index (κ1) is 22.0. The zero-order valence-electron chi connectivity index (χ0n) is 16.0. The van der Waals surface area contributed by atoms with E-state index in [0.29, 0.717) is 12.2 Å². The topological polar surface area (TPSA) is 71.0 Å². The van der Waals surface area contributed by atoms with E-state index in [1.165, 1.54) is 5.56 Å². The van der Waals surface area contributed by atoms with Crippen LogP contribution in [-0.4, -0.2) is 57.1 Å². The summed E-state index contributed by atoms with van der Waals surface area (Å²) in [4.78, 5) is 13.4. The predicted molar refractivity (Wildman–Crippen MR) is 112 cm³/mol. The molecule has 0 aromatic heterocycles. The van der Waals surface area contributed by atoms with Crippen LogP contribution in [0.15, 0.2) is 48.5 Å². The molecule has 0 saturated carbocycles. The van der Waals surface area contributed by atoms with E-state index in [1.807, 2.05) is 18.2 Å². The molecule has 1 aliphatic heterocycles. The van der Waals surface area contributed by atoms with Crippen molar-refractivity contribution < 1.29 is 19.4 Å². The van der Waals surface area contributed by atoms with Crippen molar-refractivity contribution in [2.45, 2.75) is 12.5 Å².